The van der Waals surface area contributed by atoms with Crippen LogP contribution in [0.3, 0.4) is 0 Å². The lowest BCUT2D eigenvalue weighted by molar-refractivity contribution is 0.210. The normalized spacial score (nSPS) is 19.5. The maximum atomic E-state index is 6.40. The monoisotopic (exact) mass is 556 g/mol. The number of pyridine rings is 1. The third-order valence-electron chi connectivity index (χ3n) is 8.19. The van der Waals surface area contributed by atoms with Crippen molar-refractivity contribution in [2.45, 2.75) is 64.6 Å². The Morgan fingerprint density at radius 2 is 1.69 bits per heavy atom. The summed E-state index contributed by atoms with van der Waals surface area (Å²) in [7, 11) is 0. The topological polar surface area (TPSA) is 42.3 Å². The number of anilines is 1. The summed E-state index contributed by atoms with van der Waals surface area (Å²) >= 11 is 12.4. The summed E-state index contributed by atoms with van der Waals surface area (Å²) in [4.78, 5) is 6.98. The van der Waals surface area contributed by atoms with Crippen LogP contribution in [0.15, 0.2) is 72.9 Å². The molecule has 1 aliphatic heterocycles. The average Bonchev–Trinajstić information content (AvgIpc) is 3.62. The smallest absolute Gasteiger partial charge is 0.174 e. The van der Waals surface area contributed by atoms with Crippen LogP contribution in [0.25, 0.3) is 5.69 Å². The summed E-state index contributed by atoms with van der Waals surface area (Å²) in [5, 5.41) is 5.01. The lowest BCUT2D eigenvalue weighted by atomic mass is 9.93. The second-order valence-electron chi connectivity index (χ2n) is 10.5. The molecule has 3 heterocycles. The zero-order chi connectivity index (χ0) is 27.1. The maximum Gasteiger partial charge on any atom is 0.174 e. The first kappa shape index (κ1) is 25.9. The largest absolute Gasteiger partial charge is 0.490 e. The second-order valence-corrected chi connectivity index (χ2v) is 11.4. The number of thiocarbonyl (C=S) groups is 1. The molecule has 1 N–H and O–H groups in total. The van der Waals surface area contributed by atoms with Crippen molar-refractivity contribution < 1.29 is 4.74 Å². The van der Waals surface area contributed by atoms with Gasteiger partial charge in [0.15, 0.2) is 5.11 Å². The fraction of sp³-hybridized carbons (Fsp3) is 0.312. The van der Waals surface area contributed by atoms with Gasteiger partial charge in [-0.15, -0.1) is 0 Å². The minimum Gasteiger partial charge on any atom is -0.490 e. The van der Waals surface area contributed by atoms with Gasteiger partial charge >= 0.3 is 0 Å². The van der Waals surface area contributed by atoms with Crippen LogP contribution in [0, 0.1) is 20.8 Å². The van der Waals surface area contributed by atoms with E-state index >= 15 is 0 Å². The maximum absolute atomic E-state index is 6.40. The number of hydrogen-bond acceptors (Lipinski definition) is 3. The van der Waals surface area contributed by atoms with Gasteiger partial charge in [0.25, 0.3) is 0 Å². The molecule has 6 rings (SSSR count). The Morgan fingerprint density at radius 3 is 2.38 bits per heavy atom. The first-order chi connectivity index (χ1) is 18.9. The van der Waals surface area contributed by atoms with Gasteiger partial charge in [-0.3, -0.25) is 4.98 Å². The van der Waals surface area contributed by atoms with Crippen LogP contribution < -0.4 is 15.0 Å². The number of hydrogen-bond donors (Lipinski definition) is 1. The van der Waals surface area contributed by atoms with Gasteiger partial charge in [0, 0.05) is 39.5 Å². The Labute approximate surface area is 240 Å². The SMILES string of the molecule is Cc1c([C@H]2[C@@H](c3ccccn3)NC(=S)N2c2ccc(OC3CCCC3)cc2)c(C)n(-c2cccc(Cl)c2)c1C. The van der Waals surface area contributed by atoms with Gasteiger partial charge in [-0.1, -0.05) is 23.7 Å². The Balaban J connectivity index is 1.45. The molecule has 2 atom stereocenters. The molecule has 0 bridgehead atoms. The van der Waals surface area contributed by atoms with E-state index in [2.05, 4.69) is 72.0 Å². The molecule has 0 amide bonds. The number of ether oxygens (including phenoxy) is 1. The molecule has 7 heteroatoms. The molecule has 5 nitrogen and oxygen atoms in total. The van der Waals surface area contributed by atoms with E-state index in [0.29, 0.717) is 11.2 Å². The molecule has 39 heavy (non-hydrogen) atoms. The molecular formula is C32H33ClN4OS. The standard InChI is InChI=1S/C32H33ClN4OS/c1-20-21(2)36(25-10-8-9-23(33)19-25)22(3)29(20)31-30(28-13-6-7-18-34-28)35-32(39)37(31)24-14-16-27(17-15-24)38-26-11-4-5-12-26/h6-10,13-19,26,30-31H,4-5,11-12H2,1-3H3,(H,35,39)/t30-,31+/m1/s1. The van der Waals surface area contributed by atoms with Gasteiger partial charge in [-0.2, -0.15) is 0 Å². The highest BCUT2D eigenvalue weighted by Gasteiger charge is 2.43. The summed E-state index contributed by atoms with van der Waals surface area (Å²) in [5.41, 5.74) is 7.85. The molecule has 4 aromatic rings. The van der Waals surface area contributed by atoms with Crippen molar-refractivity contribution >= 4 is 34.6 Å². The van der Waals surface area contributed by atoms with E-state index in [0.717, 1.165) is 46.4 Å². The van der Waals surface area contributed by atoms with Gasteiger partial charge in [0.05, 0.1) is 23.9 Å². The van der Waals surface area contributed by atoms with Crippen LogP contribution in [0.4, 0.5) is 5.69 Å². The fourth-order valence-electron chi connectivity index (χ4n) is 6.25. The van der Waals surface area contributed by atoms with Crippen LogP contribution in [-0.4, -0.2) is 20.8 Å². The van der Waals surface area contributed by atoms with E-state index in [4.69, 9.17) is 33.5 Å². The molecule has 2 aromatic carbocycles. The van der Waals surface area contributed by atoms with Gasteiger partial charge in [-0.05, 0) is 119 Å². The number of rotatable bonds is 6. The molecule has 0 unspecified atom stereocenters. The zero-order valence-corrected chi connectivity index (χ0v) is 24.1. The third-order valence-corrected chi connectivity index (χ3v) is 8.74. The number of benzene rings is 2. The van der Waals surface area contributed by atoms with Crippen LogP contribution >= 0.6 is 23.8 Å². The highest BCUT2D eigenvalue weighted by Crippen LogP contribution is 2.45. The molecule has 2 aromatic heterocycles. The van der Waals surface area contributed by atoms with E-state index in [-0.39, 0.29) is 12.1 Å². The Kier molecular flexibility index (Phi) is 7.08. The molecule has 2 fully saturated rings. The summed E-state index contributed by atoms with van der Waals surface area (Å²) in [6, 6.07) is 22.3. The minimum absolute atomic E-state index is 0.0897. The van der Waals surface area contributed by atoms with Gasteiger partial charge in [-0.25, -0.2) is 0 Å². The molecule has 0 spiro atoms. The number of nitrogens with zero attached hydrogens (tertiary/aromatic N) is 3. The van der Waals surface area contributed by atoms with Crippen molar-refractivity contribution in [3.63, 3.8) is 0 Å². The van der Waals surface area contributed by atoms with E-state index in [1.54, 1.807) is 0 Å². The summed E-state index contributed by atoms with van der Waals surface area (Å²) in [5.74, 6) is 0.914. The van der Waals surface area contributed by atoms with Crippen LogP contribution in [0.5, 0.6) is 5.75 Å². The summed E-state index contributed by atoms with van der Waals surface area (Å²) in [6.07, 6.45) is 6.94. The molecule has 1 saturated heterocycles. The first-order valence-electron chi connectivity index (χ1n) is 13.6. The van der Waals surface area contributed by atoms with Crippen LogP contribution in [-0.2, 0) is 0 Å². The molecular weight excluding hydrogens is 524 g/mol. The lowest BCUT2D eigenvalue weighted by Crippen LogP contribution is -2.29. The minimum atomic E-state index is -0.111. The van der Waals surface area contributed by atoms with Crippen molar-refractivity contribution in [3.05, 3.63) is 106 Å². The average molecular weight is 557 g/mol. The third kappa shape index (κ3) is 4.81. The number of halogens is 1. The van der Waals surface area contributed by atoms with Crippen molar-refractivity contribution in [2.24, 2.45) is 0 Å². The predicted molar refractivity (Wildman–Crippen MR) is 162 cm³/mol. The van der Waals surface area contributed by atoms with Crippen molar-refractivity contribution in [1.82, 2.24) is 14.9 Å². The van der Waals surface area contributed by atoms with Crippen LogP contribution in [0.1, 0.15) is 66.0 Å². The fourth-order valence-corrected chi connectivity index (χ4v) is 6.78. The van der Waals surface area contributed by atoms with E-state index < -0.39 is 0 Å². The van der Waals surface area contributed by atoms with Crippen molar-refractivity contribution in [1.29, 1.82) is 0 Å². The molecule has 1 aliphatic carbocycles. The van der Waals surface area contributed by atoms with E-state index in [1.807, 2.05) is 36.5 Å². The first-order valence-corrected chi connectivity index (χ1v) is 14.4. The Morgan fingerprint density at radius 1 is 0.923 bits per heavy atom. The van der Waals surface area contributed by atoms with Gasteiger partial charge in [0.2, 0.25) is 0 Å². The van der Waals surface area contributed by atoms with E-state index in [9.17, 15) is 0 Å². The summed E-state index contributed by atoms with van der Waals surface area (Å²) in [6.45, 7) is 6.55. The predicted octanol–water partition coefficient (Wildman–Crippen LogP) is 7.95. The van der Waals surface area contributed by atoms with E-state index in [1.165, 1.54) is 29.7 Å². The number of aromatic nitrogens is 2. The second kappa shape index (κ2) is 10.7. The molecule has 0 radical (unpaired) electrons. The number of nitrogens with one attached hydrogen (secondary N) is 1. The lowest BCUT2D eigenvalue weighted by Gasteiger charge is -2.29. The van der Waals surface area contributed by atoms with Gasteiger partial charge < -0.3 is 19.5 Å². The van der Waals surface area contributed by atoms with Crippen molar-refractivity contribution in [3.8, 4) is 11.4 Å². The van der Waals surface area contributed by atoms with Crippen molar-refractivity contribution in [2.75, 3.05) is 4.90 Å². The quantitative estimate of drug-likeness (QED) is 0.244. The highest BCUT2D eigenvalue weighted by molar-refractivity contribution is 7.80. The Bertz CT molecular complexity index is 1490. The Hall–Kier alpha value is -3.35. The molecule has 2 aliphatic rings. The zero-order valence-electron chi connectivity index (χ0n) is 22.5. The summed E-state index contributed by atoms with van der Waals surface area (Å²) < 4.78 is 8.54. The van der Waals surface area contributed by atoms with Crippen LogP contribution in [0.2, 0.25) is 5.02 Å². The highest BCUT2D eigenvalue weighted by atomic mass is 35.5. The molecule has 200 valence electrons. The molecule has 1 saturated carbocycles. The van der Waals surface area contributed by atoms with Gasteiger partial charge in [0.1, 0.15) is 5.75 Å².